The van der Waals surface area contributed by atoms with Crippen molar-refractivity contribution in [3.8, 4) is 0 Å². The molecule has 2 rings (SSSR count). The molecule has 4 heteroatoms. The molecule has 0 amide bonds. The monoisotopic (exact) mass is 354 g/mol. The fourth-order valence-corrected chi connectivity index (χ4v) is 5.12. The molecule has 0 aromatic carbocycles. The number of unbranched alkanes of at least 4 members (excludes halogenated alkanes) is 1. The molecule has 138 valence electrons. The Labute approximate surface area is 151 Å². The highest BCUT2D eigenvalue weighted by Crippen LogP contribution is 2.30. The van der Waals surface area contributed by atoms with E-state index in [2.05, 4.69) is 23.9 Å². The first kappa shape index (κ1) is 19.8. The Kier molecular flexibility index (Phi) is 9.89. The van der Waals surface area contributed by atoms with Crippen molar-refractivity contribution in [3.05, 3.63) is 12.2 Å². The summed E-state index contributed by atoms with van der Waals surface area (Å²) in [7, 11) is 0. The summed E-state index contributed by atoms with van der Waals surface area (Å²) >= 11 is 2.16. The van der Waals surface area contributed by atoms with Gasteiger partial charge in [0, 0.05) is 13.0 Å². The van der Waals surface area contributed by atoms with E-state index in [4.69, 9.17) is 9.84 Å². The second-order valence-electron chi connectivity index (χ2n) is 7.42. The molecule has 0 unspecified atom stereocenters. The van der Waals surface area contributed by atoms with Gasteiger partial charge in [0.2, 0.25) is 0 Å². The van der Waals surface area contributed by atoms with Gasteiger partial charge in [0.15, 0.2) is 0 Å². The second-order valence-corrected chi connectivity index (χ2v) is 8.57. The number of aliphatic carboxylic acids is 1. The molecule has 1 N–H and O–H groups in total. The van der Waals surface area contributed by atoms with Crippen molar-refractivity contribution in [2.45, 2.75) is 64.2 Å². The lowest BCUT2D eigenvalue weighted by Crippen LogP contribution is -2.14. The first-order chi connectivity index (χ1) is 11.8. The van der Waals surface area contributed by atoms with Gasteiger partial charge >= 0.3 is 5.97 Å². The first-order valence-corrected chi connectivity index (χ1v) is 10.9. The van der Waals surface area contributed by atoms with Crippen molar-refractivity contribution in [2.24, 2.45) is 17.8 Å². The zero-order valence-corrected chi connectivity index (χ0v) is 15.8. The van der Waals surface area contributed by atoms with Crippen LogP contribution in [0, 0.1) is 17.8 Å². The Morgan fingerprint density at radius 2 is 1.92 bits per heavy atom. The zero-order chi connectivity index (χ0) is 17.0. The van der Waals surface area contributed by atoms with Crippen LogP contribution in [0.3, 0.4) is 0 Å². The molecule has 0 aromatic rings. The fraction of sp³-hybridized carbons (Fsp3) is 0.850. The summed E-state index contributed by atoms with van der Waals surface area (Å²) in [6.45, 7) is 1.83. The van der Waals surface area contributed by atoms with Crippen LogP contribution in [-0.2, 0) is 9.53 Å². The molecule has 1 heterocycles. The van der Waals surface area contributed by atoms with E-state index < -0.39 is 5.97 Å². The van der Waals surface area contributed by atoms with E-state index in [9.17, 15) is 4.79 Å². The average molecular weight is 355 g/mol. The van der Waals surface area contributed by atoms with Crippen molar-refractivity contribution in [3.63, 3.8) is 0 Å². The van der Waals surface area contributed by atoms with Crippen molar-refractivity contribution in [2.75, 3.05) is 24.7 Å². The average Bonchev–Trinajstić information content (AvgIpc) is 3.03. The highest BCUT2D eigenvalue weighted by Gasteiger charge is 2.26. The van der Waals surface area contributed by atoms with Gasteiger partial charge in [-0.25, -0.2) is 0 Å². The van der Waals surface area contributed by atoms with Gasteiger partial charge in [0.25, 0.3) is 0 Å². The maximum Gasteiger partial charge on any atom is 0.303 e. The van der Waals surface area contributed by atoms with E-state index in [-0.39, 0.29) is 6.42 Å². The predicted octanol–water partition coefficient (Wildman–Crippen LogP) is 5.15. The molecule has 1 aliphatic carbocycles. The summed E-state index contributed by atoms with van der Waals surface area (Å²) in [6, 6.07) is 0. The number of hydrogen-bond donors (Lipinski definition) is 1. The molecule has 2 fully saturated rings. The van der Waals surface area contributed by atoms with Crippen molar-refractivity contribution in [1.29, 1.82) is 0 Å². The van der Waals surface area contributed by atoms with Crippen molar-refractivity contribution in [1.82, 2.24) is 0 Å². The van der Waals surface area contributed by atoms with Crippen LogP contribution in [0.15, 0.2) is 12.2 Å². The third-order valence-electron chi connectivity index (χ3n) is 5.41. The molecule has 24 heavy (non-hydrogen) atoms. The van der Waals surface area contributed by atoms with Gasteiger partial charge in [-0.3, -0.25) is 4.79 Å². The summed E-state index contributed by atoms with van der Waals surface area (Å²) in [5.74, 6) is 4.31. The lowest BCUT2D eigenvalue weighted by molar-refractivity contribution is -0.137. The Bertz CT molecular complexity index is 377. The number of ether oxygens (including phenoxy) is 1. The third-order valence-corrected chi connectivity index (χ3v) is 6.64. The number of thioether (sulfide) groups is 1. The standard InChI is InChI=1S/C20H34O3S/c21-20(22)11-7-2-1-6-10-18-14-23-15-19(18)12-13-24-16-17-8-4-3-5-9-17/h1,6,17-19H,2-5,7-16H2,(H,21,22)/t18-,19+/m0/s1. The molecular formula is C20H34O3S. The normalized spacial score (nSPS) is 25.5. The van der Waals surface area contributed by atoms with E-state index in [1.54, 1.807) is 0 Å². The lowest BCUT2D eigenvalue weighted by atomic mass is 9.90. The van der Waals surface area contributed by atoms with Gasteiger partial charge in [-0.2, -0.15) is 11.8 Å². The Morgan fingerprint density at radius 1 is 1.12 bits per heavy atom. The number of carboxylic acid groups (broad SMARTS) is 1. The molecule has 0 aromatic heterocycles. The number of allylic oxidation sites excluding steroid dienone is 2. The van der Waals surface area contributed by atoms with E-state index in [0.29, 0.717) is 11.8 Å². The Morgan fingerprint density at radius 3 is 2.71 bits per heavy atom. The summed E-state index contributed by atoms with van der Waals surface area (Å²) in [5, 5.41) is 8.62. The van der Waals surface area contributed by atoms with Gasteiger partial charge in [0.1, 0.15) is 0 Å². The van der Waals surface area contributed by atoms with Gasteiger partial charge in [-0.15, -0.1) is 0 Å². The number of carboxylic acids is 1. The van der Waals surface area contributed by atoms with E-state index in [0.717, 1.165) is 38.4 Å². The van der Waals surface area contributed by atoms with Crippen molar-refractivity contribution >= 4 is 17.7 Å². The first-order valence-electron chi connectivity index (χ1n) is 9.78. The van der Waals surface area contributed by atoms with E-state index in [1.807, 2.05) is 0 Å². The topological polar surface area (TPSA) is 46.5 Å². The maximum absolute atomic E-state index is 10.5. The second kappa shape index (κ2) is 12.0. The summed E-state index contributed by atoms with van der Waals surface area (Å²) < 4.78 is 5.71. The van der Waals surface area contributed by atoms with Crippen LogP contribution in [0.25, 0.3) is 0 Å². The zero-order valence-electron chi connectivity index (χ0n) is 15.0. The Hall–Kier alpha value is -0.480. The minimum atomic E-state index is -0.696. The smallest absolute Gasteiger partial charge is 0.303 e. The van der Waals surface area contributed by atoms with Gasteiger partial charge < -0.3 is 9.84 Å². The molecule has 2 atom stereocenters. The van der Waals surface area contributed by atoms with Crippen LogP contribution in [-0.4, -0.2) is 35.8 Å². The Balaban J connectivity index is 1.53. The molecule has 0 spiro atoms. The summed E-state index contributed by atoms with van der Waals surface area (Å²) in [5.41, 5.74) is 0. The van der Waals surface area contributed by atoms with Crippen LogP contribution in [0.1, 0.15) is 64.2 Å². The summed E-state index contributed by atoms with van der Waals surface area (Å²) in [4.78, 5) is 10.5. The molecule has 3 nitrogen and oxygen atoms in total. The van der Waals surface area contributed by atoms with Gasteiger partial charge in [0.05, 0.1) is 6.61 Å². The largest absolute Gasteiger partial charge is 0.481 e. The maximum atomic E-state index is 10.5. The fourth-order valence-electron chi connectivity index (χ4n) is 3.82. The van der Waals surface area contributed by atoms with Crippen LogP contribution in [0.2, 0.25) is 0 Å². The highest BCUT2D eigenvalue weighted by atomic mass is 32.2. The van der Waals surface area contributed by atoms with Crippen LogP contribution < -0.4 is 0 Å². The molecule has 2 aliphatic rings. The van der Waals surface area contributed by atoms with Crippen LogP contribution >= 0.6 is 11.8 Å². The van der Waals surface area contributed by atoms with Gasteiger partial charge in [-0.1, -0.05) is 31.4 Å². The molecule has 1 aliphatic heterocycles. The predicted molar refractivity (Wildman–Crippen MR) is 102 cm³/mol. The van der Waals surface area contributed by atoms with Crippen LogP contribution in [0.4, 0.5) is 0 Å². The molecular weight excluding hydrogens is 320 g/mol. The minimum Gasteiger partial charge on any atom is -0.481 e. The quantitative estimate of drug-likeness (QED) is 0.411. The molecule has 0 radical (unpaired) electrons. The molecule has 0 bridgehead atoms. The minimum absolute atomic E-state index is 0.276. The van der Waals surface area contributed by atoms with E-state index >= 15 is 0 Å². The number of hydrogen-bond acceptors (Lipinski definition) is 3. The number of rotatable bonds is 11. The summed E-state index contributed by atoms with van der Waals surface area (Å²) in [6.07, 6.45) is 15.9. The molecule has 1 saturated heterocycles. The SMILES string of the molecule is O=C(O)CCCC=CC[C@H]1COC[C@H]1CCSCC1CCCCC1. The third kappa shape index (κ3) is 8.06. The molecule has 1 saturated carbocycles. The van der Waals surface area contributed by atoms with Crippen LogP contribution in [0.5, 0.6) is 0 Å². The van der Waals surface area contributed by atoms with Crippen molar-refractivity contribution < 1.29 is 14.6 Å². The lowest BCUT2D eigenvalue weighted by Gasteiger charge is -2.21. The highest BCUT2D eigenvalue weighted by molar-refractivity contribution is 7.99. The van der Waals surface area contributed by atoms with E-state index in [1.165, 1.54) is 50.0 Å². The number of carbonyl (C=O) groups is 1. The van der Waals surface area contributed by atoms with Gasteiger partial charge in [-0.05, 0) is 67.8 Å².